The van der Waals surface area contributed by atoms with E-state index < -0.39 is 0 Å². The van der Waals surface area contributed by atoms with Crippen LogP contribution in [0.3, 0.4) is 0 Å². The van der Waals surface area contributed by atoms with Gasteiger partial charge in [-0.1, -0.05) is 12.1 Å². The van der Waals surface area contributed by atoms with Gasteiger partial charge in [0.15, 0.2) is 0 Å². The van der Waals surface area contributed by atoms with Gasteiger partial charge in [-0.25, -0.2) is 0 Å². The number of benzene rings is 1. The zero-order valence-corrected chi connectivity index (χ0v) is 10.5. The van der Waals surface area contributed by atoms with Gasteiger partial charge >= 0.3 is 0 Å². The van der Waals surface area contributed by atoms with Crippen molar-refractivity contribution in [2.45, 2.75) is 20.8 Å². The van der Waals surface area contributed by atoms with Gasteiger partial charge in [-0.2, -0.15) is 0 Å². The molecule has 0 aliphatic carbocycles. The Hall–Kier alpha value is -1.90. The van der Waals surface area contributed by atoms with Crippen LogP contribution in [0.25, 0.3) is 11.3 Å². The van der Waals surface area contributed by atoms with Crippen LogP contribution in [0.15, 0.2) is 30.3 Å². The Morgan fingerprint density at radius 3 is 2.41 bits per heavy atom. The molecule has 0 bridgehead atoms. The highest BCUT2D eigenvalue weighted by Crippen LogP contribution is 2.20. The maximum Gasteiger partial charge on any atom is 0.148 e. The van der Waals surface area contributed by atoms with Gasteiger partial charge in [0.25, 0.3) is 0 Å². The fraction of sp³-hybridized carbons (Fsp3) is 0.286. The highest BCUT2D eigenvalue weighted by Gasteiger charge is 2.02. The third-order valence-corrected chi connectivity index (χ3v) is 2.83. The van der Waals surface area contributed by atoms with Crippen LogP contribution in [-0.4, -0.2) is 16.7 Å². The lowest BCUT2D eigenvalue weighted by Crippen LogP contribution is -2.00. The topological polar surface area (TPSA) is 37.8 Å². The minimum absolute atomic E-state index is 0.820. The molecule has 2 rings (SSSR count). The Morgan fingerprint density at radius 1 is 1.00 bits per heavy atom. The molecule has 3 heteroatoms. The number of hydrogen-bond donors (Lipinski definition) is 1. The Labute approximate surface area is 102 Å². The second-order valence-corrected chi connectivity index (χ2v) is 4.13. The van der Waals surface area contributed by atoms with Gasteiger partial charge in [0.1, 0.15) is 5.82 Å². The molecule has 0 aliphatic heterocycles. The number of aromatic nitrogens is 2. The van der Waals surface area contributed by atoms with E-state index in [-0.39, 0.29) is 0 Å². The van der Waals surface area contributed by atoms with Crippen molar-refractivity contribution in [3.05, 3.63) is 41.5 Å². The minimum atomic E-state index is 0.820. The second-order valence-electron chi connectivity index (χ2n) is 4.13. The van der Waals surface area contributed by atoms with Crippen LogP contribution in [0.2, 0.25) is 0 Å². The van der Waals surface area contributed by atoms with E-state index in [0.717, 1.165) is 23.6 Å². The van der Waals surface area contributed by atoms with E-state index >= 15 is 0 Å². The molecule has 1 aromatic heterocycles. The van der Waals surface area contributed by atoms with E-state index in [4.69, 9.17) is 0 Å². The van der Waals surface area contributed by atoms with Gasteiger partial charge in [0, 0.05) is 12.1 Å². The first kappa shape index (κ1) is 11.6. The van der Waals surface area contributed by atoms with Crippen molar-refractivity contribution in [2.24, 2.45) is 0 Å². The molecule has 0 amide bonds. The number of nitrogens with one attached hydrogen (secondary N) is 1. The maximum atomic E-state index is 4.23. The first-order valence-corrected chi connectivity index (χ1v) is 5.86. The molecule has 0 saturated carbocycles. The largest absolute Gasteiger partial charge is 0.369 e. The highest BCUT2D eigenvalue weighted by molar-refractivity contribution is 5.61. The molecule has 88 valence electrons. The molecule has 0 unspecified atom stereocenters. The quantitative estimate of drug-likeness (QED) is 0.875. The van der Waals surface area contributed by atoms with Gasteiger partial charge in [0.05, 0.1) is 5.69 Å². The van der Waals surface area contributed by atoms with Crippen LogP contribution in [-0.2, 0) is 0 Å². The van der Waals surface area contributed by atoms with E-state index in [2.05, 4.69) is 47.6 Å². The highest BCUT2D eigenvalue weighted by atomic mass is 15.2. The van der Waals surface area contributed by atoms with Crippen LogP contribution in [0.5, 0.6) is 0 Å². The maximum absolute atomic E-state index is 4.23. The normalized spacial score (nSPS) is 10.3. The number of hydrogen-bond acceptors (Lipinski definition) is 3. The fourth-order valence-corrected chi connectivity index (χ4v) is 1.66. The molecule has 3 nitrogen and oxygen atoms in total. The molecule has 0 aliphatic rings. The smallest absolute Gasteiger partial charge is 0.148 e. The summed E-state index contributed by atoms with van der Waals surface area (Å²) in [6, 6.07) is 10.3. The van der Waals surface area contributed by atoms with E-state index in [1.807, 2.05) is 19.1 Å². The summed E-state index contributed by atoms with van der Waals surface area (Å²) >= 11 is 0. The van der Waals surface area contributed by atoms with Gasteiger partial charge in [-0.15, -0.1) is 10.2 Å². The van der Waals surface area contributed by atoms with Crippen LogP contribution < -0.4 is 5.32 Å². The molecule has 1 heterocycles. The van der Waals surface area contributed by atoms with E-state index in [0.29, 0.717) is 0 Å². The van der Waals surface area contributed by atoms with Crippen LogP contribution >= 0.6 is 0 Å². The molecule has 0 spiro atoms. The summed E-state index contributed by atoms with van der Waals surface area (Å²) in [7, 11) is 0. The summed E-state index contributed by atoms with van der Waals surface area (Å²) in [4.78, 5) is 0. The van der Waals surface area contributed by atoms with E-state index in [9.17, 15) is 0 Å². The third kappa shape index (κ3) is 2.61. The lowest BCUT2D eigenvalue weighted by molar-refractivity contribution is 1.02. The first-order valence-electron chi connectivity index (χ1n) is 5.86. The van der Waals surface area contributed by atoms with Crippen LogP contribution in [0.4, 0.5) is 5.82 Å². The Kier molecular flexibility index (Phi) is 3.38. The molecule has 1 aromatic carbocycles. The zero-order chi connectivity index (χ0) is 12.3. The third-order valence-electron chi connectivity index (χ3n) is 2.83. The summed E-state index contributed by atoms with van der Waals surface area (Å²) < 4.78 is 0. The second kappa shape index (κ2) is 4.95. The number of nitrogens with zero attached hydrogens (tertiary/aromatic N) is 2. The lowest BCUT2D eigenvalue weighted by Gasteiger charge is -2.05. The van der Waals surface area contributed by atoms with Crippen molar-refractivity contribution in [1.82, 2.24) is 10.2 Å². The predicted octanol–water partition coefficient (Wildman–Crippen LogP) is 3.19. The molecule has 1 N–H and O–H groups in total. The number of rotatable bonds is 3. The summed E-state index contributed by atoms with van der Waals surface area (Å²) in [6.07, 6.45) is 0. The average molecular weight is 227 g/mol. The monoisotopic (exact) mass is 227 g/mol. The van der Waals surface area contributed by atoms with Gasteiger partial charge < -0.3 is 5.32 Å². The summed E-state index contributed by atoms with van der Waals surface area (Å²) in [5, 5.41) is 11.5. The summed E-state index contributed by atoms with van der Waals surface area (Å²) in [5.74, 6) is 0.820. The SMILES string of the molecule is CCNc1ccc(-c2ccc(C)c(C)c2)nn1. The van der Waals surface area contributed by atoms with Crippen molar-refractivity contribution in [1.29, 1.82) is 0 Å². The first-order chi connectivity index (χ1) is 8.20. The Balaban J connectivity index is 2.30. The van der Waals surface area contributed by atoms with Gasteiger partial charge in [0.2, 0.25) is 0 Å². The van der Waals surface area contributed by atoms with E-state index in [1.165, 1.54) is 11.1 Å². The number of aryl methyl sites for hydroxylation is 2. The average Bonchev–Trinajstić information content (AvgIpc) is 2.34. The lowest BCUT2D eigenvalue weighted by atomic mass is 10.0. The molecule has 17 heavy (non-hydrogen) atoms. The Morgan fingerprint density at radius 2 is 1.82 bits per heavy atom. The van der Waals surface area contributed by atoms with Gasteiger partial charge in [-0.3, -0.25) is 0 Å². The Bertz CT molecular complexity index is 503. The predicted molar refractivity (Wildman–Crippen MR) is 71.1 cm³/mol. The molecular formula is C14H17N3. The minimum Gasteiger partial charge on any atom is -0.369 e. The molecule has 0 atom stereocenters. The molecule has 2 aromatic rings. The van der Waals surface area contributed by atoms with Gasteiger partial charge in [-0.05, 0) is 50.1 Å². The van der Waals surface area contributed by atoms with Crippen molar-refractivity contribution in [3.8, 4) is 11.3 Å². The standard InChI is InChI=1S/C14H17N3/c1-4-15-14-8-7-13(16-17-14)12-6-5-10(2)11(3)9-12/h5-9H,4H2,1-3H3,(H,15,17). The zero-order valence-electron chi connectivity index (χ0n) is 10.5. The number of anilines is 1. The van der Waals surface area contributed by atoms with Crippen LogP contribution in [0, 0.1) is 13.8 Å². The summed E-state index contributed by atoms with van der Waals surface area (Å²) in [6.45, 7) is 7.12. The fourth-order valence-electron chi connectivity index (χ4n) is 1.66. The van der Waals surface area contributed by atoms with Crippen molar-refractivity contribution in [3.63, 3.8) is 0 Å². The van der Waals surface area contributed by atoms with Crippen molar-refractivity contribution in [2.75, 3.05) is 11.9 Å². The molecule has 0 radical (unpaired) electrons. The van der Waals surface area contributed by atoms with E-state index in [1.54, 1.807) is 0 Å². The summed E-state index contributed by atoms with van der Waals surface area (Å²) in [5.41, 5.74) is 4.60. The molecule has 0 saturated heterocycles. The molecular weight excluding hydrogens is 210 g/mol. The molecule has 0 fully saturated rings. The van der Waals surface area contributed by atoms with Crippen LogP contribution in [0.1, 0.15) is 18.1 Å². The van der Waals surface area contributed by atoms with Crippen molar-refractivity contribution < 1.29 is 0 Å². The van der Waals surface area contributed by atoms with Crippen molar-refractivity contribution >= 4 is 5.82 Å².